The van der Waals surface area contributed by atoms with Crippen LogP contribution in [0.3, 0.4) is 0 Å². The van der Waals surface area contributed by atoms with Gasteiger partial charge in [0.15, 0.2) is 0 Å². The smallest absolute Gasteiger partial charge is 0.393 e. The van der Waals surface area contributed by atoms with E-state index in [1.807, 2.05) is 0 Å². The molecule has 3 unspecified atom stereocenters. The fourth-order valence-corrected chi connectivity index (χ4v) is 3.38. The highest BCUT2D eigenvalue weighted by molar-refractivity contribution is 8.00. The van der Waals surface area contributed by atoms with Crippen LogP contribution in [0.5, 0.6) is 0 Å². The van der Waals surface area contributed by atoms with E-state index in [0.717, 1.165) is 25.9 Å². The SMILES string of the molecule is OC1CCC2CN(CCSC(F)(F)F)CC12. The third-order valence-corrected chi connectivity index (χ3v) is 4.28. The zero-order valence-corrected chi connectivity index (χ0v) is 9.73. The van der Waals surface area contributed by atoms with E-state index < -0.39 is 5.51 Å². The Balaban J connectivity index is 1.70. The maximum Gasteiger partial charge on any atom is 0.441 e. The number of thioether (sulfide) groups is 1. The molecule has 2 fully saturated rings. The third-order valence-electron chi connectivity index (χ3n) is 3.57. The molecule has 1 N–H and O–H groups in total. The summed E-state index contributed by atoms with van der Waals surface area (Å²) in [5.74, 6) is 0.903. The maximum absolute atomic E-state index is 11.9. The minimum atomic E-state index is -4.12. The molecule has 1 saturated heterocycles. The number of alkyl halides is 3. The van der Waals surface area contributed by atoms with Crippen LogP contribution in [0.1, 0.15) is 12.8 Å². The first kappa shape index (κ1) is 12.5. The molecule has 1 saturated carbocycles. The normalized spacial score (nSPS) is 35.6. The lowest BCUT2D eigenvalue weighted by Gasteiger charge is -2.17. The predicted octanol–water partition coefficient (Wildman–Crippen LogP) is 1.94. The van der Waals surface area contributed by atoms with E-state index in [2.05, 4.69) is 4.90 Å². The molecule has 0 bridgehead atoms. The first-order valence-corrected chi connectivity index (χ1v) is 6.55. The molecule has 0 aromatic rings. The van der Waals surface area contributed by atoms with E-state index in [1.54, 1.807) is 0 Å². The molecule has 0 aromatic carbocycles. The van der Waals surface area contributed by atoms with Crippen molar-refractivity contribution >= 4 is 11.8 Å². The molecule has 1 aliphatic carbocycles. The number of nitrogens with zero attached hydrogens (tertiary/aromatic N) is 1. The van der Waals surface area contributed by atoms with E-state index in [1.165, 1.54) is 0 Å². The second-order valence-electron chi connectivity index (χ2n) is 4.62. The zero-order chi connectivity index (χ0) is 11.8. The molecule has 0 spiro atoms. The molecule has 2 rings (SSSR count). The van der Waals surface area contributed by atoms with Crippen LogP contribution in [0.25, 0.3) is 0 Å². The van der Waals surface area contributed by atoms with Gasteiger partial charge in [0.05, 0.1) is 6.10 Å². The van der Waals surface area contributed by atoms with Crippen LogP contribution >= 0.6 is 11.8 Å². The number of rotatable bonds is 3. The van der Waals surface area contributed by atoms with Gasteiger partial charge < -0.3 is 10.0 Å². The fraction of sp³-hybridized carbons (Fsp3) is 1.00. The lowest BCUT2D eigenvalue weighted by atomic mass is 10.00. The van der Waals surface area contributed by atoms with Crippen molar-refractivity contribution in [3.05, 3.63) is 0 Å². The largest absolute Gasteiger partial charge is 0.441 e. The summed E-state index contributed by atoms with van der Waals surface area (Å²) in [5, 5.41) is 9.66. The van der Waals surface area contributed by atoms with Crippen LogP contribution in [0.15, 0.2) is 0 Å². The van der Waals surface area contributed by atoms with Crippen molar-refractivity contribution < 1.29 is 18.3 Å². The van der Waals surface area contributed by atoms with Crippen LogP contribution in [0.2, 0.25) is 0 Å². The summed E-state index contributed by atoms with van der Waals surface area (Å²) in [6, 6.07) is 0. The second kappa shape index (κ2) is 4.74. The Hall–Kier alpha value is 0.0600. The first-order valence-electron chi connectivity index (χ1n) is 5.57. The Morgan fingerprint density at radius 3 is 2.62 bits per heavy atom. The minimum Gasteiger partial charge on any atom is -0.393 e. The Labute approximate surface area is 97.2 Å². The van der Waals surface area contributed by atoms with Gasteiger partial charge in [-0.05, 0) is 30.5 Å². The van der Waals surface area contributed by atoms with Crippen molar-refractivity contribution in [3.63, 3.8) is 0 Å². The maximum atomic E-state index is 11.9. The summed E-state index contributed by atoms with van der Waals surface area (Å²) in [6.07, 6.45) is 1.65. The van der Waals surface area contributed by atoms with Crippen LogP contribution in [0, 0.1) is 11.8 Å². The number of fused-ring (bicyclic) bond motifs is 1. The average molecular weight is 255 g/mol. The molecular formula is C10H16F3NOS. The highest BCUT2D eigenvalue weighted by Gasteiger charge is 2.41. The van der Waals surface area contributed by atoms with E-state index in [0.29, 0.717) is 18.4 Å². The van der Waals surface area contributed by atoms with Gasteiger partial charge in [0, 0.05) is 31.3 Å². The topological polar surface area (TPSA) is 23.5 Å². The van der Waals surface area contributed by atoms with Crippen molar-refractivity contribution in [2.75, 3.05) is 25.4 Å². The van der Waals surface area contributed by atoms with Gasteiger partial charge in [-0.2, -0.15) is 13.2 Å². The lowest BCUT2D eigenvalue weighted by Crippen LogP contribution is -2.27. The number of halogens is 3. The van der Waals surface area contributed by atoms with Gasteiger partial charge in [-0.3, -0.25) is 0 Å². The molecule has 0 radical (unpaired) electrons. The first-order chi connectivity index (χ1) is 7.46. The summed E-state index contributed by atoms with van der Waals surface area (Å²) in [7, 11) is 0. The summed E-state index contributed by atoms with van der Waals surface area (Å²) >= 11 is 0.0451. The minimum absolute atomic E-state index is 0.0451. The van der Waals surface area contributed by atoms with Gasteiger partial charge >= 0.3 is 5.51 Å². The van der Waals surface area contributed by atoms with Gasteiger partial charge in [0.2, 0.25) is 0 Å². The van der Waals surface area contributed by atoms with Crippen molar-refractivity contribution in [1.82, 2.24) is 4.90 Å². The Morgan fingerprint density at radius 2 is 2.00 bits per heavy atom. The average Bonchev–Trinajstić information content (AvgIpc) is 2.67. The monoisotopic (exact) mass is 255 g/mol. The molecule has 6 heteroatoms. The van der Waals surface area contributed by atoms with Crippen molar-refractivity contribution in [2.45, 2.75) is 24.5 Å². The summed E-state index contributed by atoms with van der Waals surface area (Å²) < 4.78 is 35.8. The second-order valence-corrected chi connectivity index (χ2v) is 5.78. The van der Waals surface area contributed by atoms with Crippen molar-refractivity contribution in [1.29, 1.82) is 0 Å². The quantitative estimate of drug-likeness (QED) is 0.833. The number of aliphatic hydroxyl groups is 1. The zero-order valence-electron chi connectivity index (χ0n) is 8.91. The van der Waals surface area contributed by atoms with Crippen molar-refractivity contribution in [2.24, 2.45) is 11.8 Å². The summed E-state index contributed by atoms with van der Waals surface area (Å²) in [4.78, 5) is 2.05. The van der Waals surface area contributed by atoms with Gasteiger partial charge in [-0.25, -0.2) is 0 Å². The summed E-state index contributed by atoms with van der Waals surface area (Å²) in [5.41, 5.74) is -4.12. The Morgan fingerprint density at radius 1 is 1.25 bits per heavy atom. The molecule has 0 amide bonds. The number of likely N-dealkylation sites (tertiary alicyclic amines) is 1. The Kier molecular flexibility index (Phi) is 3.71. The standard InChI is InChI=1S/C10H16F3NOS/c11-10(12,13)16-4-3-14-5-7-1-2-9(15)8(7)6-14/h7-9,15H,1-6H2. The third kappa shape index (κ3) is 3.05. The molecule has 1 heterocycles. The molecular weight excluding hydrogens is 239 g/mol. The van der Waals surface area contributed by atoms with Crippen molar-refractivity contribution in [3.8, 4) is 0 Å². The van der Waals surface area contributed by atoms with Gasteiger partial charge in [0.25, 0.3) is 0 Å². The molecule has 2 nitrogen and oxygen atoms in total. The lowest BCUT2D eigenvalue weighted by molar-refractivity contribution is -0.0328. The Bertz CT molecular complexity index is 249. The molecule has 1 aliphatic heterocycles. The predicted molar refractivity (Wildman–Crippen MR) is 57.2 cm³/mol. The number of hydrogen-bond acceptors (Lipinski definition) is 3. The highest BCUT2D eigenvalue weighted by atomic mass is 32.2. The van der Waals surface area contributed by atoms with Crippen LogP contribution in [-0.2, 0) is 0 Å². The van der Waals surface area contributed by atoms with Gasteiger partial charge in [-0.15, -0.1) is 0 Å². The van der Waals surface area contributed by atoms with E-state index in [4.69, 9.17) is 0 Å². The van der Waals surface area contributed by atoms with Gasteiger partial charge in [0.1, 0.15) is 0 Å². The van der Waals surface area contributed by atoms with Crippen LogP contribution < -0.4 is 0 Å². The fourth-order valence-electron chi connectivity index (χ4n) is 2.80. The van der Waals surface area contributed by atoms with E-state index in [9.17, 15) is 18.3 Å². The van der Waals surface area contributed by atoms with Gasteiger partial charge in [-0.1, -0.05) is 0 Å². The highest BCUT2D eigenvalue weighted by Crippen LogP contribution is 2.38. The van der Waals surface area contributed by atoms with E-state index in [-0.39, 0.29) is 23.6 Å². The molecule has 94 valence electrons. The van der Waals surface area contributed by atoms with Crippen LogP contribution in [-0.4, -0.2) is 47.0 Å². The van der Waals surface area contributed by atoms with Crippen LogP contribution in [0.4, 0.5) is 13.2 Å². The molecule has 16 heavy (non-hydrogen) atoms. The number of aliphatic hydroxyl groups excluding tert-OH is 1. The van der Waals surface area contributed by atoms with E-state index >= 15 is 0 Å². The molecule has 2 aliphatic rings. The molecule has 3 atom stereocenters. The summed E-state index contributed by atoms with van der Waals surface area (Å²) in [6.45, 7) is 2.11. The number of hydrogen-bond donors (Lipinski definition) is 1. The molecule has 0 aromatic heterocycles.